The Balaban J connectivity index is 2.12. The molecule has 0 spiro atoms. The molecule has 0 fully saturated rings. The largest absolute Gasteiger partial charge is 0.385 e. The van der Waals surface area contributed by atoms with Gasteiger partial charge in [-0.25, -0.2) is 0 Å². The van der Waals surface area contributed by atoms with E-state index in [1.54, 1.807) is 19.2 Å². The van der Waals surface area contributed by atoms with Crippen LogP contribution in [0.2, 0.25) is 0 Å². The third-order valence-corrected chi connectivity index (χ3v) is 4.44. The number of amides is 1. The number of rotatable bonds is 9. The fourth-order valence-corrected chi connectivity index (χ4v) is 2.86. The van der Waals surface area contributed by atoms with Crippen molar-refractivity contribution in [3.05, 3.63) is 51.2 Å². The van der Waals surface area contributed by atoms with E-state index in [-0.39, 0.29) is 18.1 Å². The van der Waals surface area contributed by atoms with Crippen molar-refractivity contribution < 1.29 is 14.5 Å². The van der Waals surface area contributed by atoms with Crippen LogP contribution in [0.4, 0.5) is 17.2 Å². The Bertz CT molecular complexity index is 914. The number of aromatic nitrogens is 1. The lowest BCUT2D eigenvalue weighted by Gasteiger charge is -2.13. The standard InChI is InChI=1S/C19H23N5O4/c1-13-14(2)23(8-5-9-28-3)19(17(13)11-20)22-18(25)12-21-15-6-4-7-16(10-15)24(26)27/h4,6-7,10,21H,5,8-9,12H2,1-3H3,(H,22,25). The van der Waals surface area contributed by atoms with Crippen LogP contribution in [0.1, 0.15) is 23.2 Å². The normalized spacial score (nSPS) is 10.4. The zero-order chi connectivity index (χ0) is 20.7. The number of methoxy groups -OCH3 is 1. The third-order valence-electron chi connectivity index (χ3n) is 4.44. The second kappa shape index (κ2) is 9.53. The zero-order valence-corrected chi connectivity index (χ0v) is 16.1. The summed E-state index contributed by atoms with van der Waals surface area (Å²) >= 11 is 0. The van der Waals surface area contributed by atoms with Gasteiger partial charge in [0, 0.05) is 43.8 Å². The van der Waals surface area contributed by atoms with E-state index in [9.17, 15) is 20.2 Å². The van der Waals surface area contributed by atoms with Crippen LogP contribution in [-0.2, 0) is 16.1 Å². The minimum Gasteiger partial charge on any atom is -0.385 e. The number of hydrogen-bond acceptors (Lipinski definition) is 6. The van der Waals surface area contributed by atoms with Crippen molar-refractivity contribution >= 4 is 23.1 Å². The fourth-order valence-electron chi connectivity index (χ4n) is 2.86. The molecule has 1 heterocycles. The molecule has 0 aliphatic heterocycles. The molecule has 0 saturated carbocycles. The van der Waals surface area contributed by atoms with Crippen molar-refractivity contribution in [1.29, 1.82) is 5.26 Å². The summed E-state index contributed by atoms with van der Waals surface area (Å²) in [6, 6.07) is 8.07. The van der Waals surface area contributed by atoms with Gasteiger partial charge in [0.2, 0.25) is 5.91 Å². The molecule has 2 N–H and O–H groups in total. The number of benzene rings is 1. The van der Waals surface area contributed by atoms with Gasteiger partial charge in [0.05, 0.1) is 17.0 Å². The van der Waals surface area contributed by atoms with Crippen LogP contribution in [0.3, 0.4) is 0 Å². The topological polar surface area (TPSA) is 122 Å². The van der Waals surface area contributed by atoms with Gasteiger partial charge >= 0.3 is 0 Å². The lowest BCUT2D eigenvalue weighted by Crippen LogP contribution is -2.24. The molecule has 1 amide bonds. The lowest BCUT2D eigenvalue weighted by molar-refractivity contribution is -0.384. The van der Waals surface area contributed by atoms with Crippen LogP contribution < -0.4 is 10.6 Å². The van der Waals surface area contributed by atoms with Crippen LogP contribution in [0.5, 0.6) is 0 Å². The second-order valence-electron chi connectivity index (χ2n) is 6.25. The number of nitriles is 1. The summed E-state index contributed by atoms with van der Waals surface area (Å²) in [7, 11) is 1.62. The molecule has 148 valence electrons. The van der Waals surface area contributed by atoms with E-state index in [0.29, 0.717) is 30.2 Å². The highest BCUT2D eigenvalue weighted by Gasteiger charge is 2.19. The highest BCUT2D eigenvalue weighted by atomic mass is 16.6. The highest BCUT2D eigenvalue weighted by Crippen LogP contribution is 2.26. The van der Waals surface area contributed by atoms with Gasteiger partial charge in [0.25, 0.3) is 5.69 Å². The quantitative estimate of drug-likeness (QED) is 0.389. The van der Waals surface area contributed by atoms with Crippen LogP contribution in [0.25, 0.3) is 0 Å². The number of nitrogens with one attached hydrogen (secondary N) is 2. The Morgan fingerprint density at radius 2 is 2.14 bits per heavy atom. The molecule has 2 rings (SSSR count). The van der Waals surface area contributed by atoms with Gasteiger partial charge in [0.1, 0.15) is 11.9 Å². The first-order valence-electron chi connectivity index (χ1n) is 8.76. The average molecular weight is 385 g/mol. The number of hydrogen-bond donors (Lipinski definition) is 2. The van der Waals surface area contributed by atoms with E-state index in [0.717, 1.165) is 17.7 Å². The average Bonchev–Trinajstić information content (AvgIpc) is 2.90. The zero-order valence-electron chi connectivity index (χ0n) is 16.1. The van der Waals surface area contributed by atoms with E-state index in [4.69, 9.17) is 4.74 Å². The van der Waals surface area contributed by atoms with Crippen LogP contribution >= 0.6 is 0 Å². The predicted octanol–water partition coefficient (Wildman–Crippen LogP) is 2.97. The van der Waals surface area contributed by atoms with Gasteiger partial charge in [-0.15, -0.1) is 0 Å². The van der Waals surface area contributed by atoms with Crippen LogP contribution in [0, 0.1) is 35.3 Å². The summed E-state index contributed by atoms with van der Waals surface area (Å²) in [5.41, 5.74) is 2.57. The van der Waals surface area contributed by atoms with E-state index < -0.39 is 4.92 Å². The van der Waals surface area contributed by atoms with Crippen molar-refractivity contribution in [1.82, 2.24) is 4.57 Å². The van der Waals surface area contributed by atoms with E-state index in [2.05, 4.69) is 16.7 Å². The molecule has 9 nitrogen and oxygen atoms in total. The first-order chi connectivity index (χ1) is 13.4. The lowest BCUT2D eigenvalue weighted by atomic mass is 10.2. The van der Waals surface area contributed by atoms with Crippen molar-refractivity contribution in [2.75, 3.05) is 30.9 Å². The number of nitrogens with zero attached hydrogens (tertiary/aromatic N) is 3. The maximum Gasteiger partial charge on any atom is 0.271 e. The Labute approximate surface area is 163 Å². The van der Waals surface area contributed by atoms with E-state index >= 15 is 0 Å². The molecule has 9 heteroatoms. The Kier molecular flexibility index (Phi) is 7.12. The summed E-state index contributed by atoms with van der Waals surface area (Å²) in [5, 5.41) is 26.0. The summed E-state index contributed by atoms with van der Waals surface area (Å²) in [6.45, 7) is 4.83. The molecular formula is C19H23N5O4. The number of nitro benzene ring substituents is 1. The molecular weight excluding hydrogens is 362 g/mol. The number of ether oxygens (including phenoxy) is 1. The molecule has 0 atom stereocenters. The van der Waals surface area contributed by atoms with Gasteiger partial charge in [-0.1, -0.05) is 6.07 Å². The van der Waals surface area contributed by atoms with E-state index in [1.165, 1.54) is 12.1 Å². The third kappa shape index (κ3) is 4.86. The number of carbonyl (C=O) groups is 1. The molecule has 0 aliphatic carbocycles. The Morgan fingerprint density at radius 1 is 1.39 bits per heavy atom. The first kappa shape index (κ1) is 20.9. The molecule has 2 aromatic rings. The Hall–Kier alpha value is -3.38. The highest BCUT2D eigenvalue weighted by molar-refractivity contribution is 5.94. The molecule has 0 unspecified atom stereocenters. The smallest absolute Gasteiger partial charge is 0.271 e. The number of carbonyl (C=O) groups excluding carboxylic acids is 1. The number of anilines is 2. The fraction of sp³-hybridized carbons (Fsp3) is 0.368. The second-order valence-corrected chi connectivity index (χ2v) is 6.25. The van der Waals surface area contributed by atoms with Gasteiger partial charge in [-0.2, -0.15) is 5.26 Å². The molecule has 0 saturated heterocycles. The molecule has 0 aliphatic rings. The monoisotopic (exact) mass is 385 g/mol. The van der Waals surface area contributed by atoms with Crippen molar-refractivity contribution in [2.45, 2.75) is 26.8 Å². The minimum absolute atomic E-state index is 0.0598. The van der Waals surface area contributed by atoms with E-state index in [1.807, 2.05) is 18.4 Å². The molecule has 0 radical (unpaired) electrons. The molecule has 1 aromatic carbocycles. The summed E-state index contributed by atoms with van der Waals surface area (Å²) in [4.78, 5) is 22.8. The van der Waals surface area contributed by atoms with Crippen LogP contribution in [0.15, 0.2) is 24.3 Å². The number of non-ortho nitro benzene ring substituents is 1. The van der Waals surface area contributed by atoms with Gasteiger partial charge < -0.3 is 19.9 Å². The molecule has 0 bridgehead atoms. The Morgan fingerprint density at radius 3 is 2.79 bits per heavy atom. The van der Waals surface area contributed by atoms with Crippen molar-refractivity contribution in [3.8, 4) is 6.07 Å². The van der Waals surface area contributed by atoms with Crippen LogP contribution in [-0.4, -0.2) is 35.7 Å². The number of nitro groups is 1. The maximum atomic E-state index is 12.4. The predicted molar refractivity (Wildman–Crippen MR) is 105 cm³/mol. The maximum absolute atomic E-state index is 12.4. The summed E-state index contributed by atoms with van der Waals surface area (Å²) in [6.07, 6.45) is 0.741. The van der Waals surface area contributed by atoms with Crippen molar-refractivity contribution in [3.63, 3.8) is 0 Å². The van der Waals surface area contributed by atoms with Gasteiger partial charge in [-0.3, -0.25) is 14.9 Å². The summed E-state index contributed by atoms with van der Waals surface area (Å²) in [5.74, 6) is 0.105. The first-order valence-corrected chi connectivity index (χ1v) is 8.76. The van der Waals surface area contributed by atoms with Gasteiger partial charge in [-0.05, 0) is 31.9 Å². The minimum atomic E-state index is -0.497. The summed E-state index contributed by atoms with van der Waals surface area (Å²) < 4.78 is 6.98. The molecule has 1 aromatic heterocycles. The van der Waals surface area contributed by atoms with Crippen molar-refractivity contribution in [2.24, 2.45) is 0 Å². The SMILES string of the molecule is COCCCn1c(C)c(C)c(C#N)c1NC(=O)CNc1cccc([N+](=O)[O-])c1. The molecule has 28 heavy (non-hydrogen) atoms. The van der Waals surface area contributed by atoms with Gasteiger partial charge in [0.15, 0.2) is 0 Å².